The van der Waals surface area contributed by atoms with E-state index < -0.39 is 0 Å². The van der Waals surface area contributed by atoms with Gasteiger partial charge in [-0.05, 0) is 43.1 Å². The normalized spacial score (nSPS) is 22.1. The molecule has 1 heterocycles. The number of piperidine rings is 1. The van der Waals surface area contributed by atoms with Crippen molar-refractivity contribution in [2.75, 3.05) is 13.1 Å². The van der Waals surface area contributed by atoms with E-state index in [1.54, 1.807) is 18.2 Å². The standard InChI is InChI=1S/C13H17N3O2/c1-10-9-11(5-6-12(10)15-18-14)13(17)16-7-3-2-4-8-16/h5-6,9H,1-4,7-8,14H2/b15-12-. The topological polar surface area (TPSA) is 67.9 Å². The van der Waals surface area contributed by atoms with Crippen molar-refractivity contribution < 1.29 is 9.73 Å². The molecule has 0 aromatic rings. The maximum atomic E-state index is 12.2. The first kappa shape index (κ1) is 12.6. The van der Waals surface area contributed by atoms with E-state index in [0.717, 1.165) is 25.9 Å². The zero-order valence-electron chi connectivity index (χ0n) is 10.3. The number of likely N-dealkylation sites (tertiary alicyclic amines) is 1. The lowest BCUT2D eigenvalue weighted by Crippen LogP contribution is -2.36. The molecule has 1 aliphatic carbocycles. The summed E-state index contributed by atoms with van der Waals surface area (Å²) in [6.07, 6.45) is 8.50. The highest BCUT2D eigenvalue weighted by atomic mass is 16.7. The molecule has 1 fully saturated rings. The van der Waals surface area contributed by atoms with Gasteiger partial charge in [-0.1, -0.05) is 11.7 Å². The molecule has 96 valence electrons. The summed E-state index contributed by atoms with van der Waals surface area (Å²) in [4.78, 5) is 18.3. The summed E-state index contributed by atoms with van der Waals surface area (Å²) in [6, 6.07) is 0. The van der Waals surface area contributed by atoms with Crippen molar-refractivity contribution >= 4 is 11.6 Å². The molecule has 2 aliphatic rings. The fourth-order valence-corrected chi connectivity index (χ4v) is 2.14. The summed E-state index contributed by atoms with van der Waals surface area (Å²) >= 11 is 0. The molecule has 1 amide bonds. The van der Waals surface area contributed by atoms with Crippen LogP contribution >= 0.6 is 0 Å². The summed E-state index contributed by atoms with van der Waals surface area (Å²) in [5.74, 6) is 4.93. The molecule has 0 bridgehead atoms. The molecule has 5 nitrogen and oxygen atoms in total. The summed E-state index contributed by atoms with van der Waals surface area (Å²) in [5.41, 5.74) is 1.80. The third kappa shape index (κ3) is 2.68. The Bertz CT molecular complexity index is 443. The fraction of sp³-hybridized carbons (Fsp3) is 0.385. The molecule has 0 atom stereocenters. The van der Waals surface area contributed by atoms with Crippen molar-refractivity contribution in [1.29, 1.82) is 0 Å². The summed E-state index contributed by atoms with van der Waals surface area (Å²) in [6.45, 7) is 5.50. The highest BCUT2D eigenvalue weighted by Crippen LogP contribution is 2.18. The monoisotopic (exact) mass is 247 g/mol. The quantitative estimate of drug-likeness (QED) is 0.748. The molecule has 2 rings (SSSR count). The number of hydrogen-bond acceptors (Lipinski definition) is 4. The van der Waals surface area contributed by atoms with Crippen LogP contribution in [0.4, 0.5) is 0 Å². The minimum atomic E-state index is 0.0554. The maximum Gasteiger partial charge on any atom is 0.253 e. The Kier molecular flexibility index (Phi) is 3.94. The predicted octanol–water partition coefficient (Wildman–Crippen LogP) is 1.30. The van der Waals surface area contributed by atoms with Gasteiger partial charge in [-0.2, -0.15) is 0 Å². The van der Waals surface area contributed by atoms with Gasteiger partial charge in [0, 0.05) is 18.7 Å². The number of nitrogens with zero attached hydrogens (tertiary/aromatic N) is 2. The molecule has 0 spiro atoms. The second-order valence-electron chi connectivity index (χ2n) is 4.39. The average Bonchev–Trinajstić information content (AvgIpc) is 2.41. The summed E-state index contributed by atoms with van der Waals surface area (Å²) < 4.78 is 0. The van der Waals surface area contributed by atoms with Crippen LogP contribution in [0.5, 0.6) is 0 Å². The van der Waals surface area contributed by atoms with Gasteiger partial charge in [0.25, 0.3) is 5.91 Å². The molecule has 0 aromatic carbocycles. The van der Waals surface area contributed by atoms with Gasteiger partial charge in [-0.15, -0.1) is 5.90 Å². The van der Waals surface area contributed by atoms with Crippen molar-refractivity contribution in [3.63, 3.8) is 0 Å². The van der Waals surface area contributed by atoms with Gasteiger partial charge in [0.1, 0.15) is 5.71 Å². The minimum Gasteiger partial charge on any atom is -0.339 e. The molecule has 5 heteroatoms. The van der Waals surface area contributed by atoms with Gasteiger partial charge in [-0.3, -0.25) is 4.79 Å². The number of carbonyl (C=O) groups excluding carboxylic acids is 1. The predicted molar refractivity (Wildman–Crippen MR) is 69.5 cm³/mol. The third-order valence-electron chi connectivity index (χ3n) is 3.12. The van der Waals surface area contributed by atoms with Gasteiger partial charge in [0.2, 0.25) is 0 Å². The van der Waals surface area contributed by atoms with E-state index in [2.05, 4.69) is 16.7 Å². The first-order chi connectivity index (χ1) is 8.72. The molecular weight excluding hydrogens is 230 g/mol. The highest BCUT2D eigenvalue weighted by Gasteiger charge is 2.21. The molecule has 0 aromatic heterocycles. The van der Waals surface area contributed by atoms with Crippen molar-refractivity contribution in [2.24, 2.45) is 11.1 Å². The molecule has 0 unspecified atom stereocenters. The van der Waals surface area contributed by atoms with Crippen LogP contribution in [0.3, 0.4) is 0 Å². The van der Waals surface area contributed by atoms with Crippen LogP contribution in [0.2, 0.25) is 0 Å². The lowest BCUT2D eigenvalue weighted by atomic mass is 10.00. The van der Waals surface area contributed by atoms with Crippen LogP contribution in [0.25, 0.3) is 0 Å². The summed E-state index contributed by atoms with van der Waals surface area (Å²) in [5, 5.41) is 3.61. The number of rotatable bonds is 2. The van der Waals surface area contributed by atoms with Crippen LogP contribution in [-0.4, -0.2) is 29.6 Å². The number of nitrogens with two attached hydrogens (primary N) is 1. The van der Waals surface area contributed by atoms with Crippen LogP contribution < -0.4 is 5.90 Å². The lowest BCUT2D eigenvalue weighted by Gasteiger charge is -2.27. The number of amides is 1. The average molecular weight is 247 g/mol. The van der Waals surface area contributed by atoms with Gasteiger partial charge in [0.05, 0.1) is 0 Å². The van der Waals surface area contributed by atoms with Gasteiger partial charge in [0.15, 0.2) is 0 Å². The molecular formula is C13H17N3O2. The third-order valence-corrected chi connectivity index (χ3v) is 3.12. The van der Waals surface area contributed by atoms with Crippen LogP contribution in [0, 0.1) is 0 Å². The number of carbonyl (C=O) groups is 1. The molecule has 0 saturated carbocycles. The van der Waals surface area contributed by atoms with E-state index in [9.17, 15) is 4.79 Å². The van der Waals surface area contributed by atoms with Gasteiger partial charge in [-0.25, -0.2) is 0 Å². The lowest BCUT2D eigenvalue weighted by molar-refractivity contribution is -0.127. The SMILES string of the molecule is C=C1C=C(C(=O)N2CCCCC2)C=C/C1=N/ON. The first-order valence-electron chi connectivity index (χ1n) is 6.04. The fourth-order valence-electron chi connectivity index (χ4n) is 2.14. The Balaban J connectivity index is 2.09. The Morgan fingerprint density at radius 1 is 1.33 bits per heavy atom. The smallest absolute Gasteiger partial charge is 0.253 e. The van der Waals surface area contributed by atoms with E-state index >= 15 is 0 Å². The van der Waals surface area contributed by atoms with E-state index in [0.29, 0.717) is 16.9 Å². The minimum absolute atomic E-state index is 0.0554. The van der Waals surface area contributed by atoms with Crippen LogP contribution in [0.1, 0.15) is 19.3 Å². The molecule has 2 N–H and O–H groups in total. The molecule has 18 heavy (non-hydrogen) atoms. The Labute approximate surface area is 106 Å². The zero-order chi connectivity index (χ0) is 13.0. The van der Waals surface area contributed by atoms with E-state index in [4.69, 9.17) is 5.90 Å². The molecule has 1 saturated heterocycles. The van der Waals surface area contributed by atoms with Crippen molar-refractivity contribution in [3.8, 4) is 0 Å². The van der Waals surface area contributed by atoms with Crippen molar-refractivity contribution in [2.45, 2.75) is 19.3 Å². The Morgan fingerprint density at radius 3 is 2.67 bits per heavy atom. The van der Waals surface area contributed by atoms with Gasteiger partial charge < -0.3 is 9.84 Å². The number of allylic oxidation sites excluding steroid dienone is 3. The second kappa shape index (κ2) is 5.64. The Hall–Kier alpha value is -1.88. The molecule has 1 aliphatic heterocycles. The largest absolute Gasteiger partial charge is 0.339 e. The van der Waals surface area contributed by atoms with E-state index in [1.807, 2.05) is 4.90 Å². The first-order valence-corrected chi connectivity index (χ1v) is 6.04. The maximum absolute atomic E-state index is 12.2. The van der Waals surface area contributed by atoms with Crippen molar-refractivity contribution in [3.05, 3.63) is 36.0 Å². The number of hydrogen-bond donors (Lipinski definition) is 1. The summed E-state index contributed by atoms with van der Waals surface area (Å²) in [7, 11) is 0. The van der Waals surface area contributed by atoms with Crippen molar-refractivity contribution in [1.82, 2.24) is 4.90 Å². The van der Waals surface area contributed by atoms with E-state index in [1.165, 1.54) is 6.42 Å². The zero-order valence-corrected chi connectivity index (χ0v) is 10.3. The molecule has 0 radical (unpaired) electrons. The van der Waals surface area contributed by atoms with E-state index in [-0.39, 0.29) is 5.91 Å². The van der Waals surface area contributed by atoms with Crippen LogP contribution in [0.15, 0.2) is 41.1 Å². The Morgan fingerprint density at radius 2 is 2.06 bits per heavy atom. The van der Waals surface area contributed by atoms with Crippen LogP contribution in [-0.2, 0) is 9.73 Å². The highest BCUT2D eigenvalue weighted by molar-refractivity contribution is 6.14. The van der Waals surface area contributed by atoms with Gasteiger partial charge >= 0.3 is 0 Å². The number of oxime groups is 1. The second-order valence-corrected chi connectivity index (χ2v) is 4.39.